The summed E-state index contributed by atoms with van der Waals surface area (Å²) in [5.74, 6) is -0.942. The van der Waals surface area contributed by atoms with E-state index >= 15 is 0 Å². The number of carbonyl (C=O) groups is 3. The molecule has 1 atom stereocenters. The largest absolute Gasteiger partial charge is 0.325 e. The summed E-state index contributed by atoms with van der Waals surface area (Å²) < 4.78 is 0. The van der Waals surface area contributed by atoms with Gasteiger partial charge in [0.15, 0.2) is 0 Å². The van der Waals surface area contributed by atoms with E-state index in [-0.39, 0.29) is 6.54 Å². The van der Waals surface area contributed by atoms with E-state index in [1.54, 1.807) is 31.2 Å². The van der Waals surface area contributed by atoms with Crippen molar-refractivity contribution >= 4 is 34.3 Å². The van der Waals surface area contributed by atoms with Crippen molar-refractivity contribution in [1.82, 2.24) is 20.4 Å². The molecule has 0 saturated carbocycles. The molecule has 1 fully saturated rings. The maximum atomic E-state index is 12.9. The zero-order valence-corrected chi connectivity index (χ0v) is 18.8. The molecule has 31 heavy (non-hydrogen) atoms. The highest BCUT2D eigenvalue weighted by Crippen LogP contribution is 2.28. The van der Waals surface area contributed by atoms with E-state index in [2.05, 4.69) is 27.8 Å². The van der Waals surface area contributed by atoms with E-state index in [1.807, 2.05) is 6.07 Å². The molecule has 2 N–H and O–H groups in total. The van der Waals surface area contributed by atoms with Crippen LogP contribution in [0.1, 0.15) is 62.9 Å². The Morgan fingerprint density at radius 1 is 1.10 bits per heavy atom. The van der Waals surface area contributed by atoms with Gasteiger partial charge in [0.05, 0.1) is 0 Å². The maximum Gasteiger partial charge on any atom is 0.325 e. The number of amides is 4. The molecule has 2 aromatic rings. The van der Waals surface area contributed by atoms with Gasteiger partial charge >= 0.3 is 6.03 Å². The monoisotopic (exact) mass is 443 g/mol. The number of rotatable bonds is 11. The van der Waals surface area contributed by atoms with Gasteiger partial charge in [0, 0.05) is 6.42 Å². The number of hydrogen-bond acceptors (Lipinski definition) is 6. The molecule has 1 aliphatic rings. The van der Waals surface area contributed by atoms with Crippen LogP contribution in [0.5, 0.6) is 0 Å². The highest BCUT2D eigenvalue weighted by molar-refractivity contribution is 7.15. The molecule has 4 amide bonds. The first-order valence-electron chi connectivity index (χ1n) is 10.8. The predicted molar refractivity (Wildman–Crippen MR) is 120 cm³/mol. The summed E-state index contributed by atoms with van der Waals surface area (Å²) in [5.41, 5.74) is -0.522. The van der Waals surface area contributed by atoms with Crippen molar-refractivity contribution in [3.05, 3.63) is 40.9 Å². The fraction of sp³-hybridized carbons (Fsp3) is 0.500. The number of benzene rings is 1. The molecule has 1 aromatic carbocycles. The number of hydrogen-bond donors (Lipinski definition) is 2. The summed E-state index contributed by atoms with van der Waals surface area (Å²) in [6, 6.07) is 8.39. The number of nitrogens with one attached hydrogen (secondary N) is 2. The Morgan fingerprint density at radius 3 is 2.55 bits per heavy atom. The van der Waals surface area contributed by atoms with Gasteiger partial charge in [-0.25, -0.2) is 4.79 Å². The molecular weight excluding hydrogens is 414 g/mol. The SMILES string of the molecule is CCCCCCCCc1nnc(NC(=O)CN2C(=O)NC(C)(c3ccccc3)C2=O)s1. The van der Waals surface area contributed by atoms with Gasteiger partial charge in [-0.1, -0.05) is 80.7 Å². The summed E-state index contributed by atoms with van der Waals surface area (Å²) in [5, 5.41) is 14.7. The van der Waals surface area contributed by atoms with Crippen LogP contribution in [0.4, 0.5) is 9.93 Å². The van der Waals surface area contributed by atoms with Crippen LogP contribution in [0.15, 0.2) is 30.3 Å². The molecule has 166 valence electrons. The van der Waals surface area contributed by atoms with Crippen LogP contribution in [0.2, 0.25) is 0 Å². The number of unbranched alkanes of at least 4 members (excludes halogenated alkanes) is 5. The Kier molecular flexibility index (Phi) is 7.73. The van der Waals surface area contributed by atoms with Crippen LogP contribution in [-0.4, -0.2) is 39.5 Å². The Balaban J connectivity index is 1.50. The van der Waals surface area contributed by atoms with Crippen LogP contribution in [0.3, 0.4) is 0 Å². The number of imide groups is 1. The Morgan fingerprint density at radius 2 is 1.81 bits per heavy atom. The van der Waals surface area contributed by atoms with Gasteiger partial charge in [0.2, 0.25) is 11.0 Å². The topological polar surface area (TPSA) is 104 Å². The van der Waals surface area contributed by atoms with Crippen molar-refractivity contribution in [3.8, 4) is 0 Å². The van der Waals surface area contributed by atoms with E-state index < -0.39 is 23.4 Å². The highest BCUT2D eigenvalue weighted by atomic mass is 32.1. The lowest BCUT2D eigenvalue weighted by atomic mass is 9.92. The fourth-order valence-electron chi connectivity index (χ4n) is 3.57. The smallest absolute Gasteiger partial charge is 0.319 e. The summed E-state index contributed by atoms with van der Waals surface area (Å²) in [4.78, 5) is 38.6. The first kappa shape index (κ1) is 22.9. The number of anilines is 1. The second-order valence-electron chi connectivity index (χ2n) is 7.88. The third-order valence-corrected chi connectivity index (χ3v) is 6.28. The molecule has 2 heterocycles. The van der Waals surface area contributed by atoms with Gasteiger partial charge in [0.1, 0.15) is 17.1 Å². The summed E-state index contributed by atoms with van der Waals surface area (Å²) in [6.07, 6.45) is 8.04. The second-order valence-corrected chi connectivity index (χ2v) is 8.94. The van der Waals surface area contributed by atoms with Crippen LogP contribution >= 0.6 is 11.3 Å². The molecule has 0 radical (unpaired) electrons. The van der Waals surface area contributed by atoms with Crippen molar-refractivity contribution < 1.29 is 14.4 Å². The zero-order chi connectivity index (χ0) is 22.3. The first-order valence-corrected chi connectivity index (χ1v) is 11.6. The molecule has 0 spiro atoms. The molecule has 1 aliphatic heterocycles. The van der Waals surface area contributed by atoms with Crippen molar-refractivity contribution in [1.29, 1.82) is 0 Å². The van der Waals surface area contributed by atoms with Crippen molar-refractivity contribution in [3.63, 3.8) is 0 Å². The minimum absolute atomic E-state index is 0.376. The van der Waals surface area contributed by atoms with Gasteiger partial charge in [-0.2, -0.15) is 0 Å². The average molecular weight is 444 g/mol. The minimum Gasteiger partial charge on any atom is -0.319 e. The fourth-order valence-corrected chi connectivity index (χ4v) is 4.37. The molecule has 0 bridgehead atoms. The minimum atomic E-state index is -1.19. The van der Waals surface area contributed by atoms with Crippen LogP contribution in [-0.2, 0) is 21.5 Å². The average Bonchev–Trinajstić information content (AvgIpc) is 3.29. The number of aromatic nitrogens is 2. The first-order chi connectivity index (χ1) is 14.9. The molecule has 1 aromatic heterocycles. The van der Waals surface area contributed by atoms with E-state index in [9.17, 15) is 14.4 Å². The predicted octanol–water partition coefficient (Wildman–Crippen LogP) is 3.85. The van der Waals surface area contributed by atoms with E-state index in [0.29, 0.717) is 10.7 Å². The maximum absolute atomic E-state index is 12.9. The molecule has 3 rings (SSSR count). The van der Waals surface area contributed by atoms with Gasteiger partial charge in [-0.15, -0.1) is 10.2 Å². The number of carbonyl (C=O) groups excluding carboxylic acids is 3. The van der Waals surface area contributed by atoms with E-state index in [1.165, 1.54) is 37.0 Å². The summed E-state index contributed by atoms with van der Waals surface area (Å²) >= 11 is 1.33. The third-order valence-electron chi connectivity index (χ3n) is 5.39. The van der Waals surface area contributed by atoms with Gasteiger partial charge in [-0.3, -0.25) is 19.8 Å². The Labute approximate surface area is 186 Å². The summed E-state index contributed by atoms with van der Waals surface area (Å²) in [6.45, 7) is 3.46. The molecule has 9 heteroatoms. The van der Waals surface area contributed by atoms with Crippen LogP contribution in [0, 0.1) is 0 Å². The van der Waals surface area contributed by atoms with Crippen molar-refractivity contribution in [2.75, 3.05) is 11.9 Å². The second kappa shape index (κ2) is 10.5. The van der Waals surface area contributed by atoms with Crippen molar-refractivity contribution in [2.24, 2.45) is 0 Å². The lowest BCUT2D eigenvalue weighted by molar-refractivity contribution is -0.133. The number of urea groups is 1. The van der Waals surface area contributed by atoms with Crippen LogP contribution in [0.25, 0.3) is 0 Å². The molecule has 0 aliphatic carbocycles. The van der Waals surface area contributed by atoms with Gasteiger partial charge in [0.25, 0.3) is 5.91 Å². The number of aryl methyl sites for hydroxylation is 1. The highest BCUT2D eigenvalue weighted by Gasteiger charge is 2.49. The third kappa shape index (κ3) is 5.66. The Bertz CT molecular complexity index is 917. The standard InChI is InChI=1S/C22H29N5O3S/c1-3-4-5-6-7-11-14-18-25-26-20(31-18)23-17(28)15-27-19(29)22(2,24-21(27)30)16-12-9-8-10-13-16/h8-10,12-13H,3-7,11,14-15H2,1-2H3,(H,24,30)(H,23,26,28). The molecule has 1 unspecified atom stereocenters. The lowest BCUT2D eigenvalue weighted by Crippen LogP contribution is -2.42. The molecule has 8 nitrogen and oxygen atoms in total. The van der Waals surface area contributed by atoms with Gasteiger partial charge < -0.3 is 5.32 Å². The normalized spacial score (nSPS) is 18.3. The summed E-state index contributed by atoms with van der Waals surface area (Å²) in [7, 11) is 0. The lowest BCUT2D eigenvalue weighted by Gasteiger charge is -2.21. The van der Waals surface area contributed by atoms with Gasteiger partial charge in [-0.05, 0) is 18.9 Å². The molecular formula is C22H29N5O3S. The Hall–Kier alpha value is -2.81. The van der Waals surface area contributed by atoms with Crippen LogP contribution < -0.4 is 10.6 Å². The van der Waals surface area contributed by atoms with E-state index in [4.69, 9.17) is 0 Å². The molecule has 1 saturated heterocycles. The van der Waals surface area contributed by atoms with Crippen molar-refractivity contribution in [2.45, 2.75) is 64.3 Å². The number of nitrogens with zero attached hydrogens (tertiary/aromatic N) is 3. The zero-order valence-electron chi connectivity index (χ0n) is 18.0. The quantitative estimate of drug-likeness (QED) is 0.405. The van der Waals surface area contributed by atoms with E-state index in [0.717, 1.165) is 29.2 Å².